The van der Waals surface area contributed by atoms with Crippen LogP contribution in [0.5, 0.6) is 0 Å². The van der Waals surface area contributed by atoms with Crippen molar-refractivity contribution in [3.8, 4) is 0 Å². The van der Waals surface area contributed by atoms with E-state index in [-0.39, 0.29) is 0 Å². The summed E-state index contributed by atoms with van der Waals surface area (Å²) >= 11 is 0. The van der Waals surface area contributed by atoms with Crippen molar-refractivity contribution in [1.29, 1.82) is 0 Å². The first-order valence-corrected chi connectivity index (χ1v) is 6.93. The maximum Gasteiger partial charge on any atom is 0.0593 e. The lowest BCUT2D eigenvalue weighted by atomic mass is 9.85. The minimum atomic E-state index is 0.327. The monoisotopic (exact) mass is 244 g/mol. The van der Waals surface area contributed by atoms with Gasteiger partial charge in [0.25, 0.3) is 0 Å². The fourth-order valence-electron chi connectivity index (χ4n) is 2.09. The number of hydrogen-bond acceptors (Lipinski definition) is 3. The van der Waals surface area contributed by atoms with Crippen molar-refractivity contribution in [2.45, 2.75) is 47.1 Å². The molecule has 0 radical (unpaired) electrons. The smallest absolute Gasteiger partial charge is 0.0593 e. The summed E-state index contributed by atoms with van der Waals surface area (Å²) in [5.41, 5.74) is 0.327. The molecule has 0 amide bonds. The second kappa shape index (κ2) is 8.90. The molecule has 0 saturated carbocycles. The number of rotatable bonds is 9. The van der Waals surface area contributed by atoms with Crippen molar-refractivity contribution in [1.82, 2.24) is 10.2 Å². The van der Waals surface area contributed by atoms with E-state index < -0.39 is 0 Å². The lowest BCUT2D eigenvalue weighted by Gasteiger charge is -2.32. The molecule has 17 heavy (non-hydrogen) atoms. The summed E-state index contributed by atoms with van der Waals surface area (Å²) in [6.45, 7) is 16.1. The first kappa shape index (κ1) is 16.9. The van der Waals surface area contributed by atoms with Crippen LogP contribution in [0.15, 0.2) is 0 Å². The molecule has 0 rings (SSSR count). The Morgan fingerprint density at radius 3 is 2.24 bits per heavy atom. The Hall–Kier alpha value is -0.120. The largest absolute Gasteiger partial charge is 0.380 e. The third-order valence-corrected chi connectivity index (χ3v) is 3.33. The Morgan fingerprint density at radius 1 is 1.18 bits per heavy atom. The van der Waals surface area contributed by atoms with E-state index >= 15 is 0 Å². The first-order valence-electron chi connectivity index (χ1n) is 6.93. The summed E-state index contributed by atoms with van der Waals surface area (Å²) < 4.78 is 5.41. The average Bonchev–Trinajstić information content (AvgIpc) is 2.26. The molecule has 0 aromatic heterocycles. The SMILES string of the molecule is CCOCCN(CC)CCC(NC)C(C)(C)C. The summed E-state index contributed by atoms with van der Waals surface area (Å²) in [5.74, 6) is 0. The quantitative estimate of drug-likeness (QED) is 0.630. The van der Waals surface area contributed by atoms with Gasteiger partial charge in [0.05, 0.1) is 6.61 Å². The van der Waals surface area contributed by atoms with Crippen LogP contribution in [0.1, 0.15) is 41.0 Å². The highest BCUT2D eigenvalue weighted by molar-refractivity contribution is 4.80. The Kier molecular flexibility index (Phi) is 8.83. The van der Waals surface area contributed by atoms with E-state index in [1.54, 1.807) is 0 Å². The van der Waals surface area contributed by atoms with Crippen LogP contribution in [-0.4, -0.2) is 50.8 Å². The van der Waals surface area contributed by atoms with Crippen LogP contribution in [0, 0.1) is 5.41 Å². The zero-order chi connectivity index (χ0) is 13.3. The second-order valence-electron chi connectivity index (χ2n) is 5.63. The van der Waals surface area contributed by atoms with Crippen LogP contribution in [0.25, 0.3) is 0 Å². The molecule has 1 atom stereocenters. The van der Waals surface area contributed by atoms with Crippen molar-refractivity contribution >= 4 is 0 Å². The summed E-state index contributed by atoms with van der Waals surface area (Å²) in [5, 5.41) is 3.43. The van der Waals surface area contributed by atoms with Crippen LogP contribution >= 0.6 is 0 Å². The van der Waals surface area contributed by atoms with Gasteiger partial charge in [-0.1, -0.05) is 27.7 Å². The van der Waals surface area contributed by atoms with Crippen molar-refractivity contribution < 1.29 is 4.74 Å². The molecule has 0 aromatic carbocycles. The Morgan fingerprint density at radius 2 is 1.82 bits per heavy atom. The van der Waals surface area contributed by atoms with Crippen molar-refractivity contribution in [2.24, 2.45) is 5.41 Å². The Balaban J connectivity index is 3.95. The molecule has 1 unspecified atom stereocenters. The molecule has 0 heterocycles. The van der Waals surface area contributed by atoms with Gasteiger partial charge in [-0.3, -0.25) is 0 Å². The van der Waals surface area contributed by atoms with Gasteiger partial charge in [-0.25, -0.2) is 0 Å². The normalized spacial score (nSPS) is 14.3. The third-order valence-electron chi connectivity index (χ3n) is 3.33. The molecule has 1 N–H and O–H groups in total. The van der Waals surface area contributed by atoms with Crippen LogP contribution < -0.4 is 5.32 Å². The van der Waals surface area contributed by atoms with Crippen LogP contribution in [-0.2, 0) is 4.74 Å². The molecule has 0 aromatic rings. The Labute approximate surface area is 108 Å². The minimum absolute atomic E-state index is 0.327. The molecule has 3 nitrogen and oxygen atoms in total. The minimum Gasteiger partial charge on any atom is -0.380 e. The van der Waals surface area contributed by atoms with E-state index in [0.29, 0.717) is 11.5 Å². The maximum atomic E-state index is 5.41. The van der Waals surface area contributed by atoms with Gasteiger partial charge in [-0.05, 0) is 38.9 Å². The van der Waals surface area contributed by atoms with Gasteiger partial charge in [-0.2, -0.15) is 0 Å². The molecule has 0 spiro atoms. The molecule has 0 aliphatic rings. The second-order valence-corrected chi connectivity index (χ2v) is 5.63. The standard InChI is InChI=1S/C14H32N2O/c1-7-16(11-12-17-8-2)10-9-13(15-6)14(3,4)5/h13,15H,7-12H2,1-6H3. The van der Waals surface area contributed by atoms with Gasteiger partial charge in [-0.15, -0.1) is 0 Å². The fraction of sp³-hybridized carbons (Fsp3) is 1.00. The van der Waals surface area contributed by atoms with Crippen LogP contribution in [0.2, 0.25) is 0 Å². The molecule has 0 bridgehead atoms. The van der Waals surface area contributed by atoms with E-state index in [2.05, 4.69) is 45.0 Å². The molecule has 0 fully saturated rings. The van der Waals surface area contributed by atoms with Gasteiger partial charge in [0.15, 0.2) is 0 Å². The van der Waals surface area contributed by atoms with Gasteiger partial charge in [0, 0.05) is 19.2 Å². The van der Waals surface area contributed by atoms with E-state index in [1.165, 1.54) is 6.42 Å². The maximum absolute atomic E-state index is 5.41. The van der Waals surface area contributed by atoms with Gasteiger partial charge < -0.3 is 15.0 Å². The van der Waals surface area contributed by atoms with Crippen molar-refractivity contribution in [3.05, 3.63) is 0 Å². The number of ether oxygens (including phenoxy) is 1. The number of hydrogen-bond donors (Lipinski definition) is 1. The number of nitrogens with zero attached hydrogens (tertiary/aromatic N) is 1. The highest BCUT2D eigenvalue weighted by Crippen LogP contribution is 2.21. The predicted molar refractivity (Wildman–Crippen MR) is 75.5 cm³/mol. The van der Waals surface area contributed by atoms with E-state index in [4.69, 9.17) is 4.74 Å². The van der Waals surface area contributed by atoms with Crippen LogP contribution in [0.4, 0.5) is 0 Å². The number of likely N-dealkylation sites (N-methyl/N-ethyl adjacent to an activating group) is 1. The zero-order valence-electron chi connectivity index (χ0n) is 12.7. The molecular weight excluding hydrogens is 212 g/mol. The first-order chi connectivity index (χ1) is 7.95. The molecule has 3 heteroatoms. The summed E-state index contributed by atoms with van der Waals surface area (Å²) in [4.78, 5) is 2.46. The molecular formula is C14H32N2O. The van der Waals surface area contributed by atoms with Gasteiger partial charge in [0.1, 0.15) is 0 Å². The average molecular weight is 244 g/mol. The third kappa shape index (κ3) is 7.74. The summed E-state index contributed by atoms with van der Waals surface area (Å²) in [7, 11) is 2.06. The highest BCUT2D eigenvalue weighted by Gasteiger charge is 2.22. The summed E-state index contributed by atoms with van der Waals surface area (Å²) in [6, 6.07) is 0.573. The van der Waals surface area contributed by atoms with Gasteiger partial charge >= 0.3 is 0 Å². The highest BCUT2D eigenvalue weighted by atomic mass is 16.5. The number of nitrogens with one attached hydrogen (secondary N) is 1. The van der Waals surface area contributed by atoms with Gasteiger partial charge in [0.2, 0.25) is 0 Å². The van der Waals surface area contributed by atoms with Crippen LogP contribution in [0.3, 0.4) is 0 Å². The van der Waals surface area contributed by atoms with E-state index in [0.717, 1.165) is 32.8 Å². The molecule has 104 valence electrons. The predicted octanol–water partition coefficient (Wildman–Crippen LogP) is 2.37. The fourth-order valence-corrected chi connectivity index (χ4v) is 2.09. The zero-order valence-corrected chi connectivity index (χ0v) is 12.7. The van der Waals surface area contributed by atoms with E-state index in [9.17, 15) is 0 Å². The summed E-state index contributed by atoms with van der Waals surface area (Å²) in [6.07, 6.45) is 1.19. The lowest BCUT2D eigenvalue weighted by Crippen LogP contribution is -2.41. The molecule has 0 aliphatic carbocycles. The molecule has 0 aliphatic heterocycles. The van der Waals surface area contributed by atoms with Crippen molar-refractivity contribution in [3.63, 3.8) is 0 Å². The topological polar surface area (TPSA) is 24.5 Å². The molecule has 0 saturated heterocycles. The van der Waals surface area contributed by atoms with E-state index in [1.807, 2.05) is 6.92 Å². The lowest BCUT2D eigenvalue weighted by molar-refractivity contribution is 0.110. The van der Waals surface area contributed by atoms with Crippen molar-refractivity contribution in [2.75, 3.05) is 39.9 Å². The Bertz CT molecular complexity index is 178.